The maximum Gasteiger partial charge on any atom is 0.220 e. The molecule has 1 saturated heterocycles. The van der Waals surface area contributed by atoms with Crippen LogP contribution in [-0.2, 0) is 16.0 Å². The monoisotopic (exact) mass is 338 g/mol. The van der Waals surface area contributed by atoms with Crippen LogP contribution < -0.4 is 10.6 Å². The first kappa shape index (κ1) is 15.0. The van der Waals surface area contributed by atoms with Crippen LogP contribution in [0.25, 0.3) is 0 Å². The number of carbonyl (C=O) groups excluding carboxylic acids is 2. The maximum atomic E-state index is 11.9. The molecule has 1 aromatic rings. The lowest BCUT2D eigenvalue weighted by Crippen LogP contribution is -2.47. The van der Waals surface area contributed by atoms with E-state index in [0.29, 0.717) is 19.4 Å². The van der Waals surface area contributed by atoms with Gasteiger partial charge in [0.25, 0.3) is 0 Å². The van der Waals surface area contributed by atoms with Gasteiger partial charge in [0.05, 0.1) is 0 Å². The molecule has 1 aromatic carbocycles. The lowest BCUT2D eigenvalue weighted by atomic mass is 10.1. The van der Waals surface area contributed by atoms with Crippen molar-refractivity contribution in [2.45, 2.75) is 38.6 Å². The van der Waals surface area contributed by atoms with Crippen LogP contribution in [0.5, 0.6) is 0 Å². The van der Waals surface area contributed by atoms with E-state index in [1.165, 1.54) is 5.56 Å². The number of carbonyl (C=O) groups is 2. The van der Waals surface area contributed by atoms with Crippen molar-refractivity contribution in [2.75, 3.05) is 6.54 Å². The number of hydrogen-bond acceptors (Lipinski definition) is 2. The first-order valence-electron chi connectivity index (χ1n) is 6.85. The molecule has 1 aliphatic heterocycles. The van der Waals surface area contributed by atoms with Gasteiger partial charge in [0.1, 0.15) is 0 Å². The highest BCUT2D eigenvalue weighted by molar-refractivity contribution is 9.10. The van der Waals surface area contributed by atoms with E-state index in [1.54, 1.807) is 0 Å². The Labute approximate surface area is 127 Å². The van der Waals surface area contributed by atoms with Gasteiger partial charge in [-0.2, -0.15) is 0 Å². The van der Waals surface area contributed by atoms with Crippen LogP contribution in [0.15, 0.2) is 22.7 Å². The number of nitrogens with one attached hydrogen (secondary N) is 2. The predicted molar refractivity (Wildman–Crippen MR) is 81.4 cm³/mol. The highest BCUT2D eigenvalue weighted by atomic mass is 79.9. The zero-order chi connectivity index (χ0) is 14.5. The Morgan fingerprint density at radius 2 is 2.30 bits per heavy atom. The zero-order valence-electron chi connectivity index (χ0n) is 11.5. The Morgan fingerprint density at radius 3 is 2.95 bits per heavy atom. The topological polar surface area (TPSA) is 58.2 Å². The van der Waals surface area contributed by atoms with Gasteiger partial charge in [-0.1, -0.05) is 28.1 Å². The van der Waals surface area contributed by atoms with E-state index in [0.717, 1.165) is 22.9 Å². The molecule has 5 heteroatoms. The second kappa shape index (κ2) is 6.88. The molecule has 0 spiro atoms. The SMILES string of the molecule is Cc1cc(CCC(=O)N[C@@H]2CCC(=O)NC2)ccc1Br. The summed E-state index contributed by atoms with van der Waals surface area (Å²) in [5.74, 6) is 0.118. The van der Waals surface area contributed by atoms with E-state index in [4.69, 9.17) is 0 Å². The first-order chi connectivity index (χ1) is 9.54. The molecule has 0 aromatic heterocycles. The minimum atomic E-state index is 0.0479. The summed E-state index contributed by atoms with van der Waals surface area (Å²) in [6.07, 6.45) is 2.44. The molecule has 0 aliphatic carbocycles. The van der Waals surface area contributed by atoms with E-state index in [9.17, 15) is 9.59 Å². The average Bonchev–Trinajstić information content (AvgIpc) is 2.43. The molecular weight excluding hydrogens is 320 g/mol. The summed E-state index contributed by atoms with van der Waals surface area (Å²) in [7, 11) is 0. The fourth-order valence-electron chi connectivity index (χ4n) is 2.28. The Balaban J connectivity index is 1.77. The van der Waals surface area contributed by atoms with Crippen LogP contribution in [0.3, 0.4) is 0 Å². The van der Waals surface area contributed by atoms with Crippen LogP contribution in [0, 0.1) is 6.92 Å². The van der Waals surface area contributed by atoms with E-state index in [-0.39, 0.29) is 17.9 Å². The smallest absolute Gasteiger partial charge is 0.220 e. The van der Waals surface area contributed by atoms with E-state index < -0.39 is 0 Å². The van der Waals surface area contributed by atoms with Crippen LogP contribution in [0.2, 0.25) is 0 Å². The molecule has 2 N–H and O–H groups in total. The molecule has 1 fully saturated rings. The van der Waals surface area contributed by atoms with E-state index >= 15 is 0 Å². The summed E-state index contributed by atoms with van der Waals surface area (Å²) in [4.78, 5) is 22.9. The van der Waals surface area contributed by atoms with Crippen LogP contribution in [0.1, 0.15) is 30.4 Å². The Hall–Kier alpha value is -1.36. The molecule has 2 rings (SSSR count). The van der Waals surface area contributed by atoms with Gasteiger partial charge in [-0.3, -0.25) is 9.59 Å². The van der Waals surface area contributed by atoms with Crippen LogP contribution in [0.4, 0.5) is 0 Å². The maximum absolute atomic E-state index is 11.9. The van der Waals surface area contributed by atoms with Crippen molar-refractivity contribution in [2.24, 2.45) is 0 Å². The predicted octanol–water partition coefficient (Wildman–Crippen LogP) is 2.08. The summed E-state index contributed by atoms with van der Waals surface area (Å²) in [6.45, 7) is 2.58. The summed E-state index contributed by atoms with van der Waals surface area (Å²) in [6, 6.07) is 6.22. The summed E-state index contributed by atoms with van der Waals surface area (Å²) in [5, 5.41) is 5.74. The van der Waals surface area contributed by atoms with Crippen molar-refractivity contribution >= 4 is 27.7 Å². The summed E-state index contributed by atoms with van der Waals surface area (Å²) >= 11 is 3.47. The second-order valence-corrected chi connectivity index (χ2v) is 6.05. The number of benzene rings is 1. The van der Waals surface area contributed by atoms with Gasteiger partial charge in [0.15, 0.2) is 0 Å². The van der Waals surface area contributed by atoms with Gasteiger partial charge in [0.2, 0.25) is 11.8 Å². The van der Waals surface area contributed by atoms with Crippen molar-refractivity contribution in [3.05, 3.63) is 33.8 Å². The van der Waals surface area contributed by atoms with Gasteiger partial charge in [-0.15, -0.1) is 0 Å². The number of aryl methyl sites for hydroxylation is 2. The fourth-order valence-corrected chi connectivity index (χ4v) is 2.52. The molecule has 1 atom stereocenters. The van der Waals surface area contributed by atoms with Crippen LogP contribution in [-0.4, -0.2) is 24.4 Å². The highest BCUT2D eigenvalue weighted by Crippen LogP contribution is 2.17. The highest BCUT2D eigenvalue weighted by Gasteiger charge is 2.19. The summed E-state index contributed by atoms with van der Waals surface area (Å²) in [5.41, 5.74) is 2.34. The molecule has 0 saturated carbocycles. The third-order valence-electron chi connectivity index (χ3n) is 3.49. The fraction of sp³-hybridized carbons (Fsp3) is 0.467. The number of rotatable bonds is 4. The quantitative estimate of drug-likeness (QED) is 0.883. The molecule has 20 heavy (non-hydrogen) atoms. The van der Waals surface area contributed by atoms with E-state index in [2.05, 4.69) is 32.6 Å². The molecular formula is C15H19BrN2O2. The first-order valence-corrected chi connectivity index (χ1v) is 7.65. The Kier molecular flexibility index (Phi) is 5.17. The summed E-state index contributed by atoms with van der Waals surface area (Å²) < 4.78 is 1.09. The lowest BCUT2D eigenvalue weighted by Gasteiger charge is -2.23. The Bertz CT molecular complexity index is 507. The molecule has 0 radical (unpaired) electrons. The lowest BCUT2D eigenvalue weighted by molar-refractivity contribution is -0.125. The molecule has 0 unspecified atom stereocenters. The van der Waals surface area contributed by atoms with Gasteiger partial charge >= 0.3 is 0 Å². The van der Waals surface area contributed by atoms with Crippen molar-refractivity contribution in [1.82, 2.24) is 10.6 Å². The van der Waals surface area contributed by atoms with Crippen molar-refractivity contribution in [1.29, 1.82) is 0 Å². The third-order valence-corrected chi connectivity index (χ3v) is 4.38. The van der Waals surface area contributed by atoms with E-state index in [1.807, 2.05) is 19.1 Å². The Morgan fingerprint density at radius 1 is 1.50 bits per heavy atom. The van der Waals surface area contributed by atoms with Crippen molar-refractivity contribution in [3.63, 3.8) is 0 Å². The standard InChI is InChI=1S/C15H19BrN2O2/c1-10-8-11(2-5-13(10)16)3-6-15(20)18-12-4-7-14(19)17-9-12/h2,5,8,12H,3-4,6-7,9H2,1H3,(H,17,19)(H,18,20)/t12-/m1/s1. The normalized spacial score (nSPS) is 18.5. The van der Waals surface area contributed by atoms with Crippen molar-refractivity contribution < 1.29 is 9.59 Å². The number of amides is 2. The van der Waals surface area contributed by atoms with Gasteiger partial charge < -0.3 is 10.6 Å². The molecule has 2 amide bonds. The van der Waals surface area contributed by atoms with Crippen molar-refractivity contribution in [3.8, 4) is 0 Å². The molecule has 1 heterocycles. The zero-order valence-corrected chi connectivity index (χ0v) is 13.1. The number of hydrogen-bond donors (Lipinski definition) is 2. The minimum absolute atomic E-state index is 0.0479. The minimum Gasteiger partial charge on any atom is -0.354 e. The molecule has 1 aliphatic rings. The van der Waals surface area contributed by atoms with Crippen LogP contribution >= 0.6 is 15.9 Å². The second-order valence-electron chi connectivity index (χ2n) is 5.19. The van der Waals surface area contributed by atoms with Gasteiger partial charge in [0, 0.05) is 29.9 Å². The largest absolute Gasteiger partial charge is 0.354 e. The number of halogens is 1. The molecule has 4 nitrogen and oxygen atoms in total. The van der Waals surface area contributed by atoms with Gasteiger partial charge in [-0.25, -0.2) is 0 Å². The molecule has 108 valence electrons. The third kappa shape index (κ3) is 4.34. The van der Waals surface area contributed by atoms with Gasteiger partial charge in [-0.05, 0) is 37.0 Å². The average molecular weight is 339 g/mol. The number of piperidine rings is 1. The molecule has 0 bridgehead atoms.